The summed E-state index contributed by atoms with van der Waals surface area (Å²) in [6.45, 7) is 9.19. The van der Waals surface area contributed by atoms with Crippen molar-refractivity contribution in [2.45, 2.75) is 45.9 Å². The summed E-state index contributed by atoms with van der Waals surface area (Å²) in [7, 11) is 0. The van der Waals surface area contributed by atoms with E-state index in [1.54, 1.807) is 6.20 Å². The second-order valence-electron chi connectivity index (χ2n) is 5.17. The molecule has 0 saturated heterocycles. The normalized spacial score (nSPS) is 26.8. The topological polar surface area (TPSA) is 52.0 Å². The lowest BCUT2D eigenvalue weighted by molar-refractivity contribution is -0.114. The molecule has 0 aromatic carbocycles. The Morgan fingerprint density at radius 3 is 2.94 bits per heavy atom. The van der Waals surface area contributed by atoms with Gasteiger partial charge in [-0.1, -0.05) is 19.1 Å². The molecule has 17 heavy (non-hydrogen) atoms. The number of nitrogens with zero attached hydrogens (tertiary/aromatic N) is 3. The third-order valence-corrected chi connectivity index (χ3v) is 3.75. The Hall–Kier alpha value is -0.940. The fourth-order valence-corrected chi connectivity index (χ4v) is 2.42. The molecule has 1 aromatic heterocycles. The van der Waals surface area contributed by atoms with E-state index in [0.29, 0.717) is 12.1 Å². The van der Waals surface area contributed by atoms with Crippen molar-refractivity contribution in [1.82, 2.24) is 20.3 Å². The summed E-state index contributed by atoms with van der Waals surface area (Å²) in [6, 6.07) is 0.544. The Morgan fingerprint density at radius 2 is 2.35 bits per heavy atom. The van der Waals surface area contributed by atoms with Crippen LogP contribution in [0.25, 0.3) is 0 Å². The quantitative estimate of drug-likeness (QED) is 0.805. The third-order valence-electron chi connectivity index (χ3n) is 3.75. The van der Waals surface area contributed by atoms with Gasteiger partial charge in [-0.3, -0.25) is 4.68 Å². The maximum Gasteiger partial charge on any atom is 0.0692 e. The number of hydrogen-bond acceptors (Lipinski definition) is 4. The molecule has 96 valence electrons. The summed E-state index contributed by atoms with van der Waals surface area (Å²) >= 11 is 0. The minimum absolute atomic E-state index is 0.235. The predicted octanol–water partition coefficient (Wildman–Crippen LogP) is 1.07. The van der Waals surface area contributed by atoms with Crippen LogP contribution in [-0.2, 0) is 11.3 Å². The molecule has 1 aliphatic rings. The van der Waals surface area contributed by atoms with Gasteiger partial charge in [0.15, 0.2) is 0 Å². The highest BCUT2D eigenvalue weighted by molar-refractivity contribution is 5.02. The maximum absolute atomic E-state index is 5.71. The molecular formula is C12H22N4O. The van der Waals surface area contributed by atoms with Crippen LogP contribution in [0.3, 0.4) is 0 Å². The van der Waals surface area contributed by atoms with E-state index >= 15 is 0 Å². The molecule has 0 spiro atoms. The second kappa shape index (κ2) is 5.14. The van der Waals surface area contributed by atoms with Gasteiger partial charge < -0.3 is 10.1 Å². The number of aromatic nitrogens is 3. The van der Waals surface area contributed by atoms with Crippen molar-refractivity contribution < 1.29 is 4.74 Å². The van der Waals surface area contributed by atoms with Crippen molar-refractivity contribution in [2.75, 3.05) is 13.2 Å². The van der Waals surface area contributed by atoms with E-state index in [0.717, 1.165) is 26.1 Å². The minimum Gasteiger partial charge on any atom is -0.378 e. The molecule has 2 unspecified atom stereocenters. The van der Waals surface area contributed by atoms with Gasteiger partial charge in [0.2, 0.25) is 0 Å². The smallest absolute Gasteiger partial charge is 0.0692 e. The molecule has 5 nitrogen and oxygen atoms in total. The number of nitrogens with one attached hydrogen (secondary N) is 1. The van der Waals surface area contributed by atoms with Crippen LogP contribution in [0.5, 0.6) is 0 Å². The van der Waals surface area contributed by atoms with Crippen molar-refractivity contribution in [3.05, 3.63) is 12.4 Å². The monoisotopic (exact) mass is 238 g/mol. The molecule has 1 aromatic rings. The molecule has 1 saturated carbocycles. The van der Waals surface area contributed by atoms with Gasteiger partial charge in [-0.25, -0.2) is 0 Å². The average Bonchev–Trinajstić information content (AvgIpc) is 2.80. The van der Waals surface area contributed by atoms with Gasteiger partial charge in [-0.15, -0.1) is 5.10 Å². The molecular weight excluding hydrogens is 216 g/mol. The summed E-state index contributed by atoms with van der Waals surface area (Å²) in [4.78, 5) is 0. The van der Waals surface area contributed by atoms with Crippen LogP contribution in [-0.4, -0.2) is 40.3 Å². The van der Waals surface area contributed by atoms with E-state index in [9.17, 15) is 0 Å². The lowest BCUT2D eigenvalue weighted by Crippen LogP contribution is -2.61. The summed E-state index contributed by atoms with van der Waals surface area (Å²) in [5.41, 5.74) is 0.235. The average molecular weight is 238 g/mol. The van der Waals surface area contributed by atoms with Gasteiger partial charge in [0, 0.05) is 30.8 Å². The molecule has 1 aliphatic carbocycles. The Kier molecular flexibility index (Phi) is 3.79. The first-order valence-corrected chi connectivity index (χ1v) is 6.33. The van der Waals surface area contributed by atoms with Crippen molar-refractivity contribution in [3.63, 3.8) is 0 Å². The van der Waals surface area contributed by atoms with Crippen molar-refractivity contribution in [2.24, 2.45) is 5.41 Å². The minimum atomic E-state index is 0.235. The summed E-state index contributed by atoms with van der Waals surface area (Å²) in [5.74, 6) is 0. The van der Waals surface area contributed by atoms with Crippen LogP contribution in [0.1, 0.15) is 27.2 Å². The van der Waals surface area contributed by atoms with Gasteiger partial charge in [-0.2, -0.15) is 0 Å². The predicted molar refractivity (Wildman–Crippen MR) is 65.6 cm³/mol. The van der Waals surface area contributed by atoms with Crippen molar-refractivity contribution in [3.8, 4) is 0 Å². The highest BCUT2D eigenvalue weighted by atomic mass is 16.5. The van der Waals surface area contributed by atoms with Crippen LogP contribution in [0.2, 0.25) is 0 Å². The van der Waals surface area contributed by atoms with Gasteiger partial charge in [0.1, 0.15) is 0 Å². The largest absolute Gasteiger partial charge is 0.378 e. The molecule has 0 radical (unpaired) electrons. The van der Waals surface area contributed by atoms with E-state index in [1.165, 1.54) is 0 Å². The molecule has 0 amide bonds. The molecule has 1 N–H and O–H groups in total. The van der Waals surface area contributed by atoms with E-state index in [1.807, 2.05) is 10.9 Å². The fraction of sp³-hybridized carbons (Fsp3) is 0.833. The van der Waals surface area contributed by atoms with Gasteiger partial charge in [0.05, 0.1) is 18.8 Å². The molecule has 1 heterocycles. The number of ether oxygens (including phenoxy) is 1. The van der Waals surface area contributed by atoms with Crippen molar-refractivity contribution in [1.29, 1.82) is 0 Å². The number of rotatable bonds is 6. The molecule has 2 rings (SSSR count). The summed E-state index contributed by atoms with van der Waals surface area (Å²) < 4.78 is 7.55. The molecule has 1 fully saturated rings. The van der Waals surface area contributed by atoms with E-state index in [4.69, 9.17) is 4.74 Å². The first-order valence-electron chi connectivity index (χ1n) is 6.33. The highest BCUT2D eigenvalue weighted by Gasteiger charge is 2.48. The zero-order chi connectivity index (χ0) is 12.3. The lowest BCUT2D eigenvalue weighted by atomic mass is 9.64. The van der Waals surface area contributed by atoms with Crippen LogP contribution >= 0.6 is 0 Å². The zero-order valence-corrected chi connectivity index (χ0v) is 10.9. The first-order chi connectivity index (χ1) is 8.14. The summed E-state index contributed by atoms with van der Waals surface area (Å²) in [6.07, 6.45) is 5.10. The van der Waals surface area contributed by atoms with E-state index < -0.39 is 0 Å². The van der Waals surface area contributed by atoms with Crippen LogP contribution in [0, 0.1) is 5.41 Å². The summed E-state index contributed by atoms with van der Waals surface area (Å²) in [5, 5.41) is 11.3. The SMILES string of the molecule is CCOC1CC(NCCn2ccnn2)C1(C)C. The van der Waals surface area contributed by atoms with E-state index in [2.05, 4.69) is 36.4 Å². The lowest BCUT2D eigenvalue weighted by Gasteiger charge is -2.52. The Labute approximate surface area is 103 Å². The van der Waals surface area contributed by atoms with Crippen LogP contribution in [0.4, 0.5) is 0 Å². The Bertz CT molecular complexity index is 336. The van der Waals surface area contributed by atoms with Crippen LogP contribution < -0.4 is 5.32 Å². The first kappa shape index (κ1) is 12.5. The molecule has 5 heteroatoms. The third kappa shape index (κ3) is 2.66. The molecule has 0 bridgehead atoms. The zero-order valence-electron chi connectivity index (χ0n) is 10.9. The number of hydrogen-bond donors (Lipinski definition) is 1. The van der Waals surface area contributed by atoms with Crippen LogP contribution in [0.15, 0.2) is 12.4 Å². The Balaban J connectivity index is 1.71. The standard InChI is InChI=1S/C12H22N4O/c1-4-17-11-9-10(12(11,2)3)13-5-7-16-8-6-14-15-16/h6,8,10-11,13H,4-5,7,9H2,1-3H3. The highest BCUT2D eigenvalue weighted by Crippen LogP contribution is 2.42. The maximum atomic E-state index is 5.71. The van der Waals surface area contributed by atoms with E-state index in [-0.39, 0.29) is 5.41 Å². The van der Waals surface area contributed by atoms with Gasteiger partial charge >= 0.3 is 0 Å². The second-order valence-corrected chi connectivity index (χ2v) is 5.17. The molecule has 0 aliphatic heterocycles. The van der Waals surface area contributed by atoms with Gasteiger partial charge in [0.25, 0.3) is 0 Å². The molecule has 2 atom stereocenters. The fourth-order valence-electron chi connectivity index (χ4n) is 2.42. The Morgan fingerprint density at radius 1 is 1.53 bits per heavy atom. The van der Waals surface area contributed by atoms with Gasteiger partial charge in [-0.05, 0) is 13.3 Å². The van der Waals surface area contributed by atoms with Crippen molar-refractivity contribution >= 4 is 0 Å².